The number of aliphatic hydroxyl groups is 1. The summed E-state index contributed by atoms with van der Waals surface area (Å²) in [5.41, 5.74) is 0.728. The number of nitrogens with zero attached hydrogens (tertiary/aromatic N) is 1. The fraction of sp³-hybridized carbons (Fsp3) is 0.500. The maximum absolute atomic E-state index is 12.0. The summed E-state index contributed by atoms with van der Waals surface area (Å²) in [7, 11) is 0. The van der Waals surface area contributed by atoms with E-state index in [1.165, 1.54) is 6.07 Å². The van der Waals surface area contributed by atoms with Gasteiger partial charge in [0.25, 0.3) is 5.91 Å². The van der Waals surface area contributed by atoms with Crippen molar-refractivity contribution >= 4 is 17.5 Å². The lowest BCUT2D eigenvalue weighted by Crippen LogP contribution is -2.44. The minimum absolute atomic E-state index is 0.0312. The zero-order valence-corrected chi connectivity index (χ0v) is 11.0. The Morgan fingerprint density at radius 1 is 1.53 bits per heavy atom. The number of aliphatic hydroxyl groups excluding tert-OH is 1. The Bertz CT molecular complexity index is 399. The van der Waals surface area contributed by atoms with Gasteiger partial charge in [-0.25, -0.2) is 4.98 Å². The van der Waals surface area contributed by atoms with Crippen molar-refractivity contribution in [2.45, 2.75) is 32.7 Å². The Labute approximate surface area is 106 Å². The molecule has 0 saturated heterocycles. The van der Waals surface area contributed by atoms with Crippen molar-refractivity contribution in [2.24, 2.45) is 0 Å². The molecule has 0 unspecified atom stereocenters. The fourth-order valence-electron chi connectivity index (χ4n) is 1.48. The zero-order chi connectivity index (χ0) is 13.1. The number of hydrogen-bond acceptors (Lipinski definition) is 3. The molecular weight excluding hydrogens is 240 g/mol. The predicted molar refractivity (Wildman–Crippen MR) is 67.2 cm³/mol. The van der Waals surface area contributed by atoms with Crippen LogP contribution in [0.4, 0.5) is 0 Å². The highest BCUT2D eigenvalue weighted by Crippen LogP contribution is 2.13. The molecule has 0 spiro atoms. The molecule has 0 aliphatic heterocycles. The molecule has 1 heterocycles. The van der Waals surface area contributed by atoms with Crippen LogP contribution in [-0.2, 0) is 0 Å². The van der Waals surface area contributed by atoms with Crippen LogP contribution in [0.15, 0.2) is 12.1 Å². The maximum Gasteiger partial charge on any atom is 0.251 e. The second-order valence-corrected chi connectivity index (χ2v) is 5.02. The fourth-order valence-corrected chi connectivity index (χ4v) is 1.73. The average molecular weight is 257 g/mol. The van der Waals surface area contributed by atoms with Gasteiger partial charge in [0.05, 0.1) is 0 Å². The molecule has 4 nitrogen and oxygen atoms in total. The summed E-state index contributed by atoms with van der Waals surface area (Å²) in [6.07, 6.45) is 0.497. The SMILES string of the molecule is Cc1cc(C(=O)NC(C)(C)CCO)cc(Cl)n1. The Morgan fingerprint density at radius 2 is 2.18 bits per heavy atom. The number of amides is 1. The number of pyridine rings is 1. The van der Waals surface area contributed by atoms with Gasteiger partial charge in [0, 0.05) is 23.4 Å². The molecule has 1 rings (SSSR count). The summed E-state index contributed by atoms with van der Waals surface area (Å²) in [5.74, 6) is -0.212. The van der Waals surface area contributed by atoms with Crippen LogP contribution in [0.2, 0.25) is 5.15 Å². The van der Waals surface area contributed by atoms with Gasteiger partial charge >= 0.3 is 0 Å². The van der Waals surface area contributed by atoms with Gasteiger partial charge in [0.15, 0.2) is 0 Å². The van der Waals surface area contributed by atoms with Crippen LogP contribution >= 0.6 is 11.6 Å². The number of aryl methyl sites for hydroxylation is 1. The quantitative estimate of drug-likeness (QED) is 0.810. The number of hydrogen-bond donors (Lipinski definition) is 2. The molecule has 0 fully saturated rings. The molecule has 0 bridgehead atoms. The van der Waals surface area contributed by atoms with Crippen molar-refractivity contribution in [3.8, 4) is 0 Å². The number of rotatable bonds is 4. The molecule has 2 N–H and O–H groups in total. The van der Waals surface area contributed by atoms with Crippen molar-refractivity contribution < 1.29 is 9.90 Å². The van der Waals surface area contributed by atoms with Crippen LogP contribution in [0.25, 0.3) is 0 Å². The van der Waals surface area contributed by atoms with Gasteiger partial charge in [-0.3, -0.25) is 4.79 Å². The van der Waals surface area contributed by atoms with Crippen molar-refractivity contribution in [2.75, 3.05) is 6.61 Å². The first-order valence-electron chi connectivity index (χ1n) is 5.41. The first-order valence-corrected chi connectivity index (χ1v) is 5.79. The third kappa shape index (κ3) is 4.32. The molecule has 1 aromatic heterocycles. The summed E-state index contributed by atoms with van der Waals surface area (Å²) in [5, 5.41) is 12.0. The van der Waals surface area contributed by atoms with E-state index in [1.807, 2.05) is 13.8 Å². The monoisotopic (exact) mass is 256 g/mol. The average Bonchev–Trinajstić information content (AvgIpc) is 2.14. The topological polar surface area (TPSA) is 62.2 Å². The van der Waals surface area contributed by atoms with Crippen LogP contribution < -0.4 is 5.32 Å². The third-order valence-electron chi connectivity index (χ3n) is 2.37. The highest BCUT2D eigenvalue weighted by Gasteiger charge is 2.20. The lowest BCUT2D eigenvalue weighted by molar-refractivity contribution is 0.0899. The molecule has 1 amide bonds. The highest BCUT2D eigenvalue weighted by atomic mass is 35.5. The summed E-state index contributed by atoms with van der Waals surface area (Å²) < 4.78 is 0. The van der Waals surface area contributed by atoms with Crippen LogP contribution in [0, 0.1) is 6.92 Å². The van der Waals surface area contributed by atoms with E-state index in [2.05, 4.69) is 10.3 Å². The van der Waals surface area contributed by atoms with E-state index in [4.69, 9.17) is 16.7 Å². The van der Waals surface area contributed by atoms with Gasteiger partial charge in [-0.2, -0.15) is 0 Å². The molecule has 1 aromatic rings. The number of carbonyl (C=O) groups is 1. The zero-order valence-electron chi connectivity index (χ0n) is 10.2. The standard InChI is InChI=1S/C12H17ClN2O2/c1-8-6-9(7-10(13)14-8)11(17)15-12(2,3)4-5-16/h6-7,16H,4-5H2,1-3H3,(H,15,17). The Hall–Kier alpha value is -1.13. The van der Waals surface area contributed by atoms with Gasteiger partial charge < -0.3 is 10.4 Å². The molecule has 0 atom stereocenters. The third-order valence-corrected chi connectivity index (χ3v) is 2.57. The first kappa shape index (κ1) is 13.9. The summed E-state index contributed by atoms with van der Waals surface area (Å²) >= 11 is 5.80. The van der Waals surface area contributed by atoms with E-state index < -0.39 is 5.54 Å². The van der Waals surface area contributed by atoms with Gasteiger partial charge in [0.2, 0.25) is 0 Å². The molecule has 0 radical (unpaired) electrons. The molecule has 17 heavy (non-hydrogen) atoms. The van der Waals surface area contributed by atoms with Crippen molar-refractivity contribution in [1.82, 2.24) is 10.3 Å². The van der Waals surface area contributed by atoms with Crippen molar-refractivity contribution in [1.29, 1.82) is 0 Å². The molecule has 0 aliphatic carbocycles. The number of halogens is 1. The maximum atomic E-state index is 12.0. The number of nitrogens with one attached hydrogen (secondary N) is 1. The first-order chi connectivity index (χ1) is 7.84. The Kier molecular flexibility index (Phi) is 4.48. The van der Waals surface area contributed by atoms with Crippen molar-refractivity contribution in [3.05, 3.63) is 28.5 Å². The van der Waals surface area contributed by atoms with E-state index in [0.717, 1.165) is 0 Å². The number of carbonyl (C=O) groups excluding carboxylic acids is 1. The molecule has 94 valence electrons. The van der Waals surface area contributed by atoms with E-state index >= 15 is 0 Å². The molecule has 0 aromatic carbocycles. The summed E-state index contributed by atoms with van der Waals surface area (Å²) in [6.45, 7) is 5.53. The lowest BCUT2D eigenvalue weighted by atomic mass is 10.0. The van der Waals surface area contributed by atoms with Gasteiger partial charge in [-0.05, 0) is 39.3 Å². The van der Waals surface area contributed by atoms with E-state index in [-0.39, 0.29) is 12.5 Å². The van der Waals surface area contributed by atoms with E-state index in [0.29, 0.717) is 22.8 Å². The number of aromatic nitrogens is 1. The van der Waals surface area contributed by atoms with Crippen LogP contribution in [0.3, 0.4) is 0 Å². The van der Waals surface area contributed by atoms with Crippen LogP contribution in [-0.4, -0.2) is 28.1 Å². The largest absolute Gasteiger partial charge is 0.396 e. The molecular formula is C12H17ClN2O2. The van der Waals surface area contributed by atoms with Gasteiger partial charge in [0.1, 0.15) is 5.15 Å². The van der Waals surface area contributed by atoms with Crippen LogP contribution in [0.5, 0.6) is 0 Å². The van der Waals surface area contributed by atoms with Gasteiger partial charge in [-0.15, -0.1) is 0 Å². The lowest BCUT2D eigenvalue weighted by Gasteiger charge is -2.25. The Balaban J connectivity index is 2.83. The molecule has 0 aliphatic rings. The minimum atomic E-state index is -0.449. The second kappa shape index (κ2) is 5.47. The predicted octanol–water partition coefficient (Wildman–Crippen LogP) is 1.93. The van der Waals surface area contributed by atoms with Crippen LogP contribution in [0.1, 0.15) is 36.3 Å². The highest BCUT2D eigenvalue weighted by molar-refractivity contribution is 6.29. The Morgan fingerprint density at radius 3 is 2.71 bits per heavy atom. The summed E-state index contributed by atoms with van der Waals surface area (Å²) in [6, 6.07) is 3.20. The van der Waals surface area contributed by atoms with Gasteiger partial charge in [-0.1, -0.05) is 11.6 Å². The van der Waals surface area contributed by atoms with E-state index in [1.54, 1.807) is 13.0 Å². The summed E-state index contributed by atoms with van der Waals surface area (Å²) in [4.78, 5) is 16.0. The van der Waals surface area contributed by atoms with Crippen molar-refractivity contribution in [3.63, 3.8) is 0 Å². The minimum Gasteiger partial charge on any atom is -0.396 e. The smallest absolute Gasteiger partial charge is 0.251 e. The molecule has 5 heteroatoms. The molecule has 0 saturated carbocycles. The van der Waals surface area contributed by atoms with E-state index in [9.17, 15) is 4.79 Å². The second-order valence-electron chi connectivity index (χ2n) is 4.63. The normalized spacial score (nSPS) is 11.4.